The first-order valence-corrected chi connectivity index (χ1v) is 12.4. The van der Waals surface area contributed by atoms with Gasteiger partial charge in [-0.3, -0.25) is 19.9 Å². The van der Waals surface area contributed by atoms with Gasteiger partial charge in [-0.25, -0.2) is 4.39 Å². The molecule has 0 spiro atoms. The first-order valence-electron chi connectivity index (χ1n) is 12.4. The molecule has 6 aromatic rings. The largest absolute Gasteiger partial charge is 0.352 e. The fourth-order valence-electron chi connectivity index (χ4n) is 4.71. The third-order valence-electron chi connectivity index (χ3n) is 6.45. The molecular weight excluding hydrogens is 479 g/mol. The summed E-state index contributed by atoms with van der Waals surface area (Å²) >= 11 is 0. The highest BCUT2D eigenvalue weighted by Gasteiger charge is 2.15. The maximum atomic E-state index is 13.9. The molecule has 38 heavy (non-hydrogen) atoms. The summed E-state index contributed by atoms with van der Waals surface area (Å²) in [7, 11) is 0. The highest BCUT2D eigenvalue weighted by atomic mass is 19.1. The molecule has 0 unspecified atom stereocenters. The molecule has 0 fully saturated rings. The number of amides is 1. The van der Waals surface area contributed by atoms with Crippen LogP contribution in [0, 0.1) is 11.7 Å². The summed E-state index contributed by atoms with van der Waals surface area (Å²) in [6.45, 7) is 4.02. The lowest BCUT2D eigenvalue weighted by Crippen LogP contribution is -2.13. The van der Waals surface area contributed by atoms with Gasteiger partial charge in [0.05, 0.1) is 34.8 Å². The second kappa shape index (κ2) is 9.55. The number of halogens is 1. The quantitative estimate of drug-likeness (QED) is 0.228. The summed E-state index contributed by atoms with van der Waals surface area (Å²) in [6, 6.07) is 16.5. The Kier molecular flexibility index (Phi) is 5.92. The lowest BCUT2D eigenvalue weighted by Gasteiger charge is -2.09. The summed E-state index contributed by atoms with van der Waals surface area (Å²) in [6.07, 6.45) is 7.38. The number of pyridine rings is 2. The second-order valence-electron chi connectivity index (χ2n) is 9.78. The van der Waals surface area contributed by atoms with E-state index >= 15 is 0 Å². The Labute approximate surface area is 218 Å². The van der Waals surface area contributed by atoms with Crippen molar-refractivity contribution in [3.8, 4) is 33.6 Å². The van der Waals surface area contributed by atoms with Crippen LogP contribution >= 0.6 is 0 Å². The van der Waals surface area contributed by atoms with Crippen molar-refractivity contribution in [2.24, 2.45) is 5.92 Å². The van der Waals surface area contributed by atoms with E-state index in [0.717, 1.165) is 55.4 Å². The number of anilines is 1. The Bertz CT molecular complexity index is 1800. The average Bonchev–Trinajstić information content (AvgIpc) is 3.52. The van der Waals surface area contributed by atoms with Crippen LogP contribution in [0.2, 0.25) is 0 Å². The topological polar surface area (TPSA) is 99.3 Å². The minimum absolute atomic E-state index is 0.0302. The Hall–Kier alpha value is -4.85. The van der Waals surface area contributed by atoms with E-state index < -0.39 is 0 Å². The number of fused-ring (bicyclic) bond motifs is 2. The number of carbonyl (C=O) groups is 1. The smallest absolute Gasteiger partial charge is 0.224 e. The van der Waals surface area contributed by atoms with Crippen molar-refractivity contribution < 1.29 is 9.18 Å². The van der Waals surface area contributed by atoms with E-state index in [1.165, 1.54) is 12.1 Å². The lowest BCUT2D eigenvalue weighted by molar-refractivity contribution is -0.116. The molecule has 7 nitrogen and oxygen atoms in total. The molecular formula is C30H25FN6O. The van der Waals surface area contributed by atoms with Gasteiger partial charge in [-0.2, -0.15) is 5.10 Å². The number of rotatable bonds is 6. The number of aromatic amines is 2. The first-order chi connectivity index (χ1) is 18.4. The summed E-state index contributed by atoms with van der Waals surface area (Å²) in [5.41, 5.74) is 7.40. The predicted octanol–water partition coefficient (Wildman–Crippen LogP) is 6.96. The molecule has 0 aliphatic heterocycles. The third kappa shape index (κ3) is 4.52. The van der Waals surface area contributed by atoms with Gasteiger partial charge in [-0.15, -0.1) is 0 Å². The second-order valence-corrected chi connectivity index (χ2v) is 9.78. The van der Waals surface area contributed by atoms with Crippen molar-refractivity contribution >= 4 is 33.4 Å². The van der Waals surface area contributed by atoms with E-state index in [2.05, 4.69) is 36.5 Å². The van der Waals surface area contributed by atoms with Crippen molar-refractivity contribution in [3.63, 3.8) is 0 Å². The van der Waals surface area contributed by atoms with Crippen LogP contribution in [0.5, 0.6) is 0 Å². The van der Waals surface area contributed by atoms with Crippen molar-refractivity contribution in [1.29, 1.82) is 0 Å². The molecule has 2 aromatic carbocycles. The van der Waals surface area contributed by atoms with Gasteiger partial charge in [0.25, 0.3) is 0 Å². The Balaban J connectivity index is 1.38. The molecule has 0 atom stereocenters. The summed E-state index contributed by atoms with van der Waals surface area (Å²) in [5, 5.41) is 12.5. The molecule has 0 aliphatic carbocycles. The van der Waals surface area contributed by atoms with Crippen LogP contribution in [-0.2, 0) is 4.79 Å². The van der Waals surface area contributed by atoms with E-state index in [0.29, 0.717) is 12.1 Å². The van der Waals surface area contributed by atoms with Crippen LogP contribution in [0.4, 0.5) is 10.1 Å². The van der Waals surface area contributed by atoms with E-state index in [1.807, 2.05) is 44.2 Å². The molecule has 0 aliphatic rings. The maximum absolute atomic E-state index is 13.9. The van der Waals surface area contributed by atoms with Gasteiger partial charge in [-0.05, 0) is 53.4 Å². The van der Waals surface area contributed by atoms with Crippen LogP contribution in [0.15, 0.2) is 79.4 Å². The van der Waals surface area contributed by atoms with E-state index in [-0.39, 0.29) is 17.6 Å². The van der Waals surface area contributed by atoms with Crippen molar-refractivity contribution in [3.05, 3.63) is 85.2 Å². The molecule has 8 heteroatoms. The zero-order chi connectivity index (χ0) is 26.2. The molecule has 6 rings (SSSR count). The van der Waals surface area contributed by atoms with E-state index in [9.17, 15) is 9.18 Å². The number of H-pyrrole nitrogens is 2. The number of nitrogens with one attached hydrogen (secondary N) is 3. The minimum atomic E-state index is -0.292. The number of benzene rings is 2. The summed E-state index contributed by atoms with van der Waals surface area (Å²) < 4.78 is 13.9. The van der Waals surface area contributed by atoms with Crippen LogP contribution < -0.4 is 5.32 Å². The van der Waals surface area contributed by atoms with E-state index in [4.69, 9.17) is 0 Å². The molecule has 4 heterocycles. The maximum Gasteiger partial charge on any atom is 0.224 e. The SMILES string of the molecule is CC(C)CC(=O)Nc1cncc(-c2ccc3[nH]nc(-c4cc5c(-c6cccc(F)c6)cncc5[nH]4)c3c2)c1. The summed E-state index contributed by atoms with van der Waals surface area (Å²) in [4.78, 5) is 24.4. The van der Waals surface area contributed by atoms with Gasteiger partial charge >= 0.3 is 0 Å². The molecule has 0 saturated heterocycles. The van der Waals surface area contributed by atoms with Gasteiger partial charge in [0, 0.05) is 40.7 Å². The minimum Gasteiger partial charge on any atom is -0.352 e. The van der Waals surface area contributed by atoms with E-state index in [1.54, 1.807) is 30.9 Å². The lowest BCUT2D eigenvalue weighted by atomic mass is 10.0. The van der Waals surface area contributed by atoms with Gasteiger partial charge < -0.3 is 10.3 Å². The van der Waals surface area contributed by atoms with Crippen molar-refractivity contribution in [2.75, 3.05) is 5.32 Å². The van der Waals surface area contributed by atoms with Crippen molar-refractivity contribution in [2.45, 2.75) is 20.3 Å². The standard InChI is InChI=1S/C30H25FN6O/c1-17(2)8-29(38)34-22-10-20(13-32-14-22)18-6-7-26-24(11-18)30(37-36-26)27-12-23-25(15-33-16-28(23)35-27)19-4-3-5-21(31)9-19/h3-7,9-17,35H,8H2,1-2H3,(H,34,38)(H,36,37). The van der Waals surface area contributed by atoms with Crippen LogP contribution in [-0.4, -0.2) is 31.1 Å². The fraction of sp³-hybridized carbons (Fsp3) is 0.133. The average molecular weight is 505 g/mol. The van der Waals surface area contributed by atoms with Crippen LogP contribution in [0.25, 0.3) is 55.4 Å². The molecule has 0 bridgehead atoms. The monoisotopic (exact) mass is 504 g/mol. The molecule has 0 radical (unpaired) electrons. The first kappa shape index (κ1) is 23.5. The number of carbonyl (C=O) groups excluding carboxylic acids is 1. The summed E-state index contributed by atoms with van der Waals surface area (Å²) in [5.74, 6) is -0.0463. The highest BCUT2D eigenvalue weighted by molar-refractivity contribution is 6.01. The van der Waals surface area contributed by atoms with Gasteiger partial charge in [0.15, 0.2) is 0 Å². The number of hydrogen-bond donors (Lipinski definition) is 3. The molecule has 188 valence electrons. The molecule has 1 amide bonds. The van der Waals surface area contributed by atoms with Gasteiger partial charge in [-0.1, -0.05) is 32.0 Å². The highest BCUT2D eigenvalue weighted by Crippen LogP contribution is 2.35. The molecule has 4 aromatic heterocycles. The van der Waals surface area contributed by atoms with Crippen LogP contribution in [0.1, 0.15) is 20.3 Å². The third-order valence-corrected chi connectivity index (χ3v) is 6.45. The molecule has 0 saturated carbocycles. The zero-order valence-electron chi connectivity index (χ0n) is 20.9. The Morgan fingerprint density at radius 2 is 1.76 bits per heavy atom. The normalized spacial score (nSPS) is 11.5. The Morgan fingerprint density at radius 3 is 2.61 bits per heavy atom. The number of nitrogens with zero attached hydrogens (tertiary/aromatic N) is 3. The van der Waals surface area contributed by atoms with Crippen molar-refractivity contribution in [1.82, 2.24) is 25.1 Å². The number of aromatic nitrogens is 5. The Morgan fingerprint density at radius 1 is 0.895 bits per heavy atom. The predicted molar refractivity (Wildman–Crippen MR) is 148 cm³/mol. The van der Waals surface area contributed by atoms with Gasteiger partial charge in [0.1, 0.15) is 11.5 Å². The molecule has 3 N–H and O–H groups in total. The fourth-order valence-corrected chi connectivity index (χ4v) is 4.71. The zero-order valence-corrected chi connectivity index (χ0v) is 20.9. The number of hydrogen-bond acceptors (Lipinski definition) is 4. The van der Waals surface area contributed by atoms with Crippen LogP contribution in [0.3, 0.4) is 0 Å². The van der Waals surface area contributed by atoms with Gasteiger partial charge in [0.2, 0.25) is 5.91 Å².